The van der Waals surface area contributed by atoms with Crippen molar-refractivity contribution >= 4 is 52.5 Å². The van der Waals surface area contributed by atoms with Gasteiger partial charge >= 0.3 is 0 Å². The minimum Gasteiger partial charge on any atom is -0.350 e. The van der Waals surface area contributed by atoms with E-state index in [-0.39, 0.29) is 29.3 Å². The lowest BCUT2D eigenvalue weighted by Crippen LogP contribution is -2.35. The fraction of sp³-hybridized carbons (Fsp3) is 0.179. The van der Waals surface area contributed by atoms with Gasteiger partial charge in [-0.3, -0.25) is 19.3 Å². The summed E-state index contributed by atoms with van der Waals surface area (Å²) >= 11 is 7.12. The van der Waals surface area contributed by atoms with Crippen LogP contribution in [0.15, 0.2) is 88.3 Å². The first kappa shape index (κ1) is 25.5. The Morgan fingerprint density at radius 3 is 2.11 bits per heavy atom. The summed E-state index contributed by atoms with van der Waals surface area (Å²) in [5.41, 5.74) is 3.22. The van der Waals surface area contributed by atoms with Crippen LogP contribution in [0.1, 0.15) is 29.8 Å². The van der Waals surface area contributed by atoms with Crippen molar-refractivity contribution < 1.29 is 14.4 Å². The lowest BCUT2D eigenvalue weighted by molar-refractivity contribution is -0.137. The van der Waals surface area contributed by atoms with Crippen LogP contribution in [0.5, 0.6) is 0 Å². The lowest BCUT2D eigenvalue weighted by atomic mass is 10.2. The molecule has 1 aliphatic heterocycles. The molecule has 1 heterocycles. The van der Waals surface area contributed by atoms with Crippen molar-refractivity contribution in [1.29, 1.82) is 0 Å². The fourth-order valence-corrected chi connectivity index (χ4v) is 4.67. The van der Waals surface area contributed by atoms with Crippen molar-refractivity contribution in [3.63, 3.8) is 0 Å². The Kier molecular flexibility index (Phi) is 7.82. The molecular formula is C28H26ClN3O3S. The quantitative estimate of drug-likeness (QED) is 0.339. The Morgan fingerprint density at radius 2 is 1.50 bits per heavy atom. The summed E-state index contributed by atoms with van der Waals surface area (Å²) in [6, 6.07) is 21.4. The van der Waals surface area contributed by atoms with E-state index in [1.54, 1.807) is 36.4 Å². The Hall–Kier alpha value is -3.55. The maximum Gasteiger partial charge on any atom is 0.278 e. The Bertz CT molecular complexity index is 1320. The van der Waals surface area contributed by atoms with Gasteiger partial charge in [-0.05, 0) is 73.5 Å². The third-order valence-corrected chi connectivity index (χ3v) is 6.78. The van der Waals surface area contributed by atoms with Gasteiger partial charge in [0.1, 0.15) is 10.6 Å². The first-order chi connectivity index (χ1) is 17.2. The monoisotopic (exact) mass is 519 g/mol. The average Bonchev–Trinajstić information content (AvgIpc) is 3.06. The normalized spacial score (nSPS) is 13.5. The first-order valence-corrected chi connectivity index (χ1v) is 12.7. The molecule has 3 aromatic carbocycles. The summed E-state index contributed by atoms with van der Waals surface area (Å²) in [4.78, 5) is 41.3. The molecule has 0 bridgehead atoms. The molecule has 0 spiro atoms. The third-order valence-electron chi connectivity index (χ3n) is 5.43. The molecule has 0 atom stereocenters. The largest absolute Gasteiger partial charge is 0.350 e. The topological polar surface area (TPSA) is 78.5 Å². The van der Waals surface area contributed by atoms with E-state index in [9.17, 15) is 14.4 Å². The second kappa shape index (κ2) is 11.0. The van der Waals surface area contributed by atoms with Crippen LogP contribution in [0.2, 0.25) is 5.02 Å². The number of hydrogen-bond donors (Lipinski definition) is 2. The molecule has 0 aromatic heterocycles. The standard InChI is InChI=1S/C28H26ClN3O3S/c1-17(2)16-32-27(34)24(30-21-10-4-18(3)5-11-21)25(28(32)35)36-23-14-12-22(13-15-23)31-26(33)19-6-8-20(29)9-7-19/h4-15,17,30H,16H2,1-3H3,(H,31,33). The third kappa shape index (κ3) is 5.98. The van der Waals surface area contributed by atoms with Crippen molar-refractivity contribution in [2.75, 3.05) is 17.2 Å². The first-order valence-electron chi connectivity index (χ1n) is 11.5. The minimum atomic E-state index is -0.330. The van der Waals surface area contributed by atoms with Crippen molar-refractivity contribution in [2.24, 2.45) is 5.92 Å². The molecule has 3 aromatic rings. The summed E-state index contributed by atoms with van der Waals surface area (Å²) in [7, 11) is 0. The van der Waals surface area contributed by atoms with Gasteiger partial charge < -0.3 is 10.6 Å². The summed E-state index contributed by atoms with van der Waals surface area (Å²) in [5, 5.41) is 6.57. The number of halogens is 1. The molecule has 0 radical (unpaired) electrons. The summed E-state index contributed by atoms with van der Waals surface area (Å²) in [6.07, 6.45) is 0. The Labute approximate surface area is 219 Å². The summed E-state index contributed by atoms with van der Waals surface area (Å²) in [5.74, 6) is -0.747. The van der Waals surface area contributed by atoms with Gasteiger partial charge in [0, 0.05) is 33.4 Å². The molecule has 8 heteroatoms. The fourth-order valence-electron chi connectivity index (χ4n) is 3.60. The molecule has 0 saturated heterocycles. The maximum absolute atomic E-state index is 13.2. The number of imide groups is 1. The van der Waals surface area contributed by atoms with Gasteiger partial charge in [0.05, 0.1) is 0 Å². The number of amides is 3. The zero-order valence-electron chi connectivity index (χ0n) is 20.2. The number of rotatable bonds is 8. The Balaban J connectivity index is 1.54. The smallest absolute Gasteiger partial charge is 0.278 e. The number of nitrogens with one attached hydrogen (secondary N) is 2. The van der Waals surface area contributed by atoms with Gasteiger partial charge in [0.25, 0.3) is 17.7 Å². The van der Waals surface area contributed by atoms with Crippen molar-refractivity contribution in [3.8, 4) is 0 Å². The number of thioether (sulfide) groups is 1. The van der Waals surface area contributed by atoms with Crippen molar-refractivity contribution in [3.05, 3.63) is 99.5 Å². The highest BCUT2D eigenvalue weighted by atomic mass is 35.5. The van der Waals surface area contributed by atoms with E-state index >= 15 is 0 Å². The van der Waals surface area contributed by atoms with E-state index < -0.39 is 0 Å². The van der Waals surface area contributed by atoms with Crippen LogP contribution >= 0.6 is 23.4 Å². The van der Waals surface area contributed by atoms with E-state index in [0.29, 0.717) is 27.7 Å². The van der Waals surface area contributed by atoms with Crippen LogP contribution in [-0.2, 0) is 9.59 Å². The van der Waals surface area contributed by atoms with Crippen molar-refractivity contribution in [2.45, 2.75) is 25.7 Å². The molecule has 1 aliphatic rings. The molecule has 184 valence electrons. The number of benzene rings is 3. The van der Waals surface area contributed by atoms with E-state index in [4.69, 9.17) is 11.6 Å². The number of anilines is 2. The predicted molar refractivity (Wildman–Crippen MR) is 145 cm³/mol. The molecule has 6 nitrogen and oxygen atoms in total. The van der Waals surface area contributed by atoms with E-state index in [1.807, 2.05) is 57.2 Å². The van der Waals surface area contributed by atoms with Gasteiger partial charge in [-0.15, -0.1) is 0 Å². The van der Waals surface area contributed by atoms with Gasteiger partial charge in [0.15, 0.2) is 0 Å². The van der Waals surface area contributed by atoms with E-state index in [2.05, 4.69) is 10.6 Å². The highest BCUT2D eigenvalue weighted by Crippen LogP contribution is 2.36. The molecule has 0 fully saturated rings. The van der Waals surface area contributed by atoms with Crippen LogP contribution in [0, 0.1) is 12.8 Å². The molecule has 0 saturated carbocycles. The SMILES string of the molecule is Cc1ccc(NC2=C(Sc3ccc(NC(=O)c4ccc(Cl)cc4)cc3)C(=O)N(CC(C)C)C2=O)cc1. The highest BCUT2D eigenvalue weighted by molar-refractivity contribution is 8.04. The number of hydrogen-bond acceptors (Lipinski definition) is 5. The predicted octanol–water partition coefficient (Wildman–Crippen LogP) is 6.34. The number of aryl methyl sites for hydroxylation is 1. The van der Waals surface area contributed by atoms with Gasteiger partial charge in [0.2, 0.25) is 0 Å². The summed E-state index contributed by atoms with van der Waals surface area (Å²) in [6.45, 7) is 6.27. The lowest BCUT2D eigenvalue weighted by Gasteiger charge is -2.17. The highest BCUT2D eigenvalue weighted by Gasteiger charge is 2.39. The molecule has 4 rings (SSSR count). The second-order valence-corrected chi connectivity index (χ2v) is 10.4. The zero-order chi connectivity index (χ0) is 25.8. The number of nitrogens with zero attached hydrogens (tertiary/aromatic N) is 1. The van der Waals surface area contributed by atoms with Crippen LogP contribution in [0.4, 0.5) is 11.4 Å². The molecule has 0 aliphatic carbocycles. The van der Waals surface area contributed by atoms with E-state index in [1.165, 1.54) is 16.7 Å². The number of carbonyl (C=O) groups is 3. The molecule has 36 heavy (non-hydrogen) atoms. The summed E-state index contributed by atoms with van der Waals surface area (Å²) < 4.78 is 0. The number of carbonyl (C=O) groups excluding carboxylic acids is 3. The molecule has 2 N–H and O–H groups in total. The van der Waals surface area contributed by atoms with Crippen LogP contribution in [0.25, 0.3) is 0 Å². The average molecular weight is 520 g/mol. The molecule has 0 unspecified atom stereocenters. The molecule has 3 amide bonds. The minimum absolute atomic E-state index is 0.145. The van der Waals surface area contributed by atoms with Crippen LogP contribution in [0.3, 0.4) is 0 Å². The van der Waals surface area contributed by atoms with Crippen LogP contribution < -0.4 is 10.6 Å². The van der Waals surface area contributed by atoms with Gasteiger partial charge in [-0.25, -0.2) is 0 Å². The van der Waals surface area contributed by atoms with Crippen molar-refractivity contribution in [1.82, 2.24) is 4.90 Å². The van der Waals surface area contributed by atoms with Crippen LogP contribution in [-0.4, -0.2) is 29.2 Å². The maximum atomic E-state index is 13.2. The van der Waals surface area contributed by atoms with Gasteiger partial charge in [-0.2, -0.15) is 0 Å². The van der Waals surface area contributed by atoms with Gasteiger partial charge in [-0.1, -0.05) is 54.9 Å². The zero-order valence-corrected chi connectivity index (χ0v) is 21.7. The molecular weight excluding hydrogens is 494 g/mol. The second-order valence-electron chi connectivity index (χ2n) is 8.90. The van der Waals surface area contributed by atoms with E-state index in [0.717, 1.165) is 16.1 Å². The Morgan fingerprint density at radius 1 is 0.889 bits per heavy atom.